The molecule has 2 rings (SSSR count). The summed E-state index contributed by atoms with van der Waals surface area (Å²) in [5.41, 5.74) is 2.24. The second-order valence-corrected chi connectivity index (χ2v) is 7.32. The van der Waals surface area contributed by atoms with Crippen molar-refractivity contribution in [1.29, 1.82) is 0 Å². The van der Waals surface area contributed by atoms with Crippen molar-refractivity contribution in [2.75, 3.05) is 31.6 Å². The summed E-state index contributed by atoms with van der Waals surface area (Å²) < 4.78 is 5.95. The van der Waals surface area contributed by atoms with E-state index in [-0.39, 0.29) is 16.7 Å². The molecule has 0 bridgehead atoms. The zero-order valence-corrected chi connectivity index (χ0v) is 17.0. The summed E-state index contributed by atoms with van der Waals surface area (Å²) in [6.07, 6.45) is 0. The molecule has 0 aliphatic heterocycles. The lowest BCUT2D eigenvalue weighted by Crippen LogP contribution is -2.43. The van der Waals surface area contributed by atoms with Crippen LogP contribution in [-0.4, -0.2) is 42.2 Å². The number of anilines is 1. The van der Waals surface area contributed by atoms with Crippen LogP contribution in [0.15, 0.2) is 54.6 Å². The molecule has 1 N–H and O–H groups in total. The number of nitro benzene ring substituents is 1. The molecule has 2 aromatic carbocycles. The number of hydrogen-bond donors (Lipinski definition) is 1. The Balaban J connectivity index is 2.02. The Kier molecular flexibility index (Phi) is 8.91. The molecule has 28 heavy (non-hydrogen) atoms. The monoisotopic (exact) mass is 385 g/mol. The molecule has 0 radical (unpaired) electrons. The quantitative estimate of drug-likeness (QED) is 0.428. The van der Waals surface area contributed by atoms with E-state index in [0.717, 1.165) is 25.4 Å². The van der Waals surface area contributed by atoms with Crippen LogP contribution in [0, 0.1) is 16.0 Å². The maximum Gasteiger partial charge on any atom is 0.269 e. The molecule has 0 spiro atoms. The molecule has 6 nitrogen and oxygen atoms in total. The van der Waals surface area contributed by atoms with Crippen LogP contribution in [0.5, 0.6) is 0 Å². The molecule has 0 fully saturated rings. The van der Waals surface area contributed by atoms with Crippen LogP contribution < -0.4 is 5.32 Å². The number of nitro groups is 1. The number of rotatable bonds is 12. The molecular formula is C22H31N3O3. The molecule has 152 valence electrons. The van der Waals surface area contributed by atoms with Crippen molar-refractivity contribution < 1.29 is 9.66 Å². The van der Waals surface area contributed by atoms with E-state index in [0.29, 0.717) is 19.1 Å². The Morgan fingerprint density at radius 1 is 1.07 bits per heavy atom. The van der Waals surface area contributed by atoms with Crippen LogP contribution in [0.1, 0.15) is 26.3 Å². The van der Waals surface area contributed by atoms with Gasteiger partial charge in [-0.1, -0.05) is 51.1 Å². The van der Waals surface area contributed by atoms with E-state index in [9.17, 15) is 10.1 Å². The summed E-state index contributed by atoms with van der Waals surface area (Å²) in [6, 6.07) is 17.2. The first-order valence-corrected chi connectivity index (χ1v) is 9.83. The minimum atomic E-state index is -0.384. The van der Waals surface area contributed by atoms with Gasteiger partial charge in [0.2, 0.25) is 0 Å². The predicted molar refractivity (Wildman–Crippen MR) is 114 cm³/mol. The largest absolute Gasteiger partial charge is 0.383 e. The van der Waals surface area contributed by atoms with Gasteiger partial charge in [0.15, 0.2) is 0 Å². The van der Waals surface area contributed by atoms with Crippen molar-refractivity contribution in [3.63, 3.8) is 0 Å². The standard InChI is InChI=1S/C22H31N3O3/c1-4-24(15-19-8-6-5-7-9-19)22(17-28-16-18(2)3)14-23-20-10-12-21(13-11-20)25(26)27/h5-13,18,22-23H,4,14-17H2,1-3H3. The lowest BCUT2D eigenvalue weighted by atomic mass is 10.1. The first-order valence-electron chi connectivity index (χ1n) is 9.83. The zero-order chi connectivity index (χ0) is 20.4. The number of nitrogens with zero attached hydrogens (tertiary/aromatic N) is 2. The predicted octanol–water partition coefficient (Wildman–Crippen LogP) is 4.57. The first kappa shape index (κ1) is 21.9. The maximum absolute atomic E-state index is 10.8. The van der Waals surface area contributed by atoms with Crippen molar-refractivity contribution in [1.82, 2.24) is 4.90 Å². The van der Waals surface area contributed by atoms with Crippen molar-refractivity contribution in [3.05, 3.63) is 70.3 Å². The normalized spacial score (nSPS) is 12.3. The molecule has 0 aromatic heterocycles. The molecule has 1 unspecified atom stereocenters. The minimum Gasteiger partial charge on any atom is -0.383 e. The Hall–Kier alpha value is -2.44. The Labute approximate surface area is 167 Å². The highest BCUT2D eigenvalue weighted by atomic mass is 16.6. The Bertz CT molecular complexity index is 705. The average molecular weight is 386 g/mol. The highest BCUT2D eigenvalue weighted by Crippen LogP contribution is 2.16. The molecule has 0 saturated carbocycles. The van der Waals surface area contributed by atoms with Gasteiger partial charge in [-0.05, 0) is 30.2 Å². The van der Waals surface area contributed by atoms with Crippen LogP contribution >= 0.6 is 0 Å². The highest BCUT2D eigenvalue weighted by Gasteiger charge is 2.18. The van der Waals surface area contributed by atoms with E-state index in [4.69, 9.17) is 4.74 Å². The van der Waals surface area contributed by atoms with Crippen molar-refractivity contribution >= 4 is 11.4 Å². The van der Waals surface area contributed by atoms with Crippen LogP contribution in [0.3, 0.4) is 0 Å². The second kappa shape index (κ2) is 11.4. The highest BCUT2D eigenvalue weighted by molar-refractivity contribution is 5.48. The van der Waals surface area contributed by atoms with Crippen molar-refractivity contribution in [2.24, 2.45) is 5.92 Å². The third-order valence-electron chi connectivity index (χ3n) is 4.53. The van der Waals surface area contributed by atoms with E-state index in [1.54, 1.807) is 12.1 Å². The molecule has 2 aromatic rings. The molecule has 0 saturated heterocycles. The molecule has 0 heterocycles. The smallest absolute Gasteiger partial charge is 0.269 e. The van der Waals surface area contributed by atoms with E-state index in [1.165, 1.54) is 17.7 Å². The summed E-state index contributed by atoms with van der Waals surface area (Å²) >= 11 is 0. The fourth-order valence-corrected chi connectivity index (χ4v) is 2.99. The van der Waals surface area contributed by atoms with Gasteiger partial charge in [-0.15, -0.1) is 0 Å². The summed E-state index contributed by atoms with van der Waals surface area (Å²) in [5, 5.41) is 14.2. The zero-order valence-electron chi connectivity index (χ0n) is 17.0. The number of non-ortho nitro benzene ring substituents is 1. The molecule has 0 aliphatic carbocycles. The van der Waals surface area contributed by atoms with E-state index in [2.05, 4.69) is 55.3 Å². The summed E-state index contributed by atoms with van der Waals surface area (Å²) in [6.45, 7) is 10.3. The number of nitrogens with one attached hydrogen (secondary N) is 1. The Morgan fingerprint density at radius 3 is 2.32 bits per heavy atom. The molecule has 0 aliphatic rings. The van der Waals surface area contributed by atoms with Gasteiger partial charge in [-0.2, -0.15) is 0 Å². The van der Waals surface area contributed by atoms with Gasteiger partial charge in [-0.25, -0.2) is 0 Å². The summed E-state index contributed by atoms with van der Waals surface area (Å²) in [5.74, 6) is 0.493. The van der Waals surface area contributed by atoms with Crippen molar-refractivity contribution in [2.45, 2.75) is 33.4 Å². The van der Waals surface area contributed by atoms with Gasteiger partial charge in [0.25, 0.3) is 5.69 Å². The summed E-state index contributed by atoms with van der Waals surface area (Å²) in [7, 11) is 0. The number of hydrogen-bond acceptors (Lipinski definition) is 5. The maximum atomic E-state index is 10.8. The first-order chi connectivity index (χ1) is 13.5. The van der Waals surface area contributed by atoms with Gasteiger partial charge < -0.3 is 10.1 Å². The molecule has 0 amide bonds. The fraction of sp³-hybridized carbons (Fsp3) is 0.455. The van der Waals surface area contributed by atoms with E-state index < -0.39 is 0 Å². The fourth-order valence-electron chi connectivity index (χ4n) is 2.99. The molecular weight excluding hydrogens is 354 g/mol. The molecule has 1 atom stereocenters. The van der Waals surface area contributed by atoms with Gasteiger partial charge in [0.05, 0.1) is 17.6 Å². The van der Waals surface area contributed by atoms with Crippen LogP contribution in [0.4, 0.5) is 11.4 Å². The number of benzene rings is 2. The van der Waals surface area contributed by atoms with E-state index >= 15 is 0 Å². The topological polar surface area (TPSA) is 67.6 Å². The number of likely N-dealkylation sites (N-methyl/N-ethyl adjacent to an activating group) is 1. The van der Waals surface area contributed by atoms with Gasteiger partial charge in [0, 0.05) is 37.5 Å². The third-order valence-corrected chi connectivity index (χ3v) is 4.53. The lowest BCUT2D eigenvalue weighted by molar-refractivity contribution is -0.384. The second-order valence-electron chi connectivity index (χ2n) is 7.32. The van der Waals surface area contributed by atoms with Gasteiger partial charge in [0.1, 0.15) is 0 Å². The minimum absolute atomic E-state index is 0.0987. The average Bonchev–Trinajstić information content (AvgIpc) is 2.69. The van der Waals surface area contributed by atoms with Crippen LogP contribution in [0.2, 0.25) is 0 Å². The summed E-state index contributed by atoms with van der Waals surface area (Å²) in [4.78, 5) is 12.8. The van der Waals surface area contributed by atoms with Crippen molar-refractivity contribution in [3.8, 4) is 0 Å². The van der Waals surface area contributed by atoms with E-state index in [1.807, 2.05) is 6.07 Å². The van der Waals surface area contributed by atoms with Crippen LogP contribution in [0.25, 0.3) is 0 Å². The lowest BCUT2D eigenvalue weighted by Gasteiger charge is -2.31. The van der Waals surface area contributed by atoms with Gasteiger partial charge >= 0.3 is 0 Å². The van der Waals surface area contributed by atoms with Gasteiger partial charge in [-0.3, -0.25) is 15.0 Å². The SMILES string of the molecule is CCN(Cc1ccccc1)C(CNc1ccc([N+](=O)[O-])cc1)COCC(C)C. The number of ether oxygens (including phenoxy) is 1. The Morgan fingerprint density at radius 2 is 1.75 bits per heavy atom. The molecule has 6 heteroatoms. The third kappa shape index (κ3) is 7.29. The van der Waals surface area contributed by atoms with Crippen LogP contribution in [-0.2, 0) is 11.3 Å².